The fourth-order valence-electron chi connectivity index (χ4n) is 1.63. The molecule has 90 valence electrons. The van der Waals surface area contributed by atoms with Gasteiger partial charge in [-0.05, 0) is 23.1 Å². The predicted octanol–water partition coefficient (Wildman–Crippen LogP) is 2.43. The van der Waals surface area contributed by atoms with Crippen molar-refractivity contribution in [1.82, 2.24) is 0 Å². The zero-order valence-corrected chi connectivity index (χ0v) is 10.7. The zero-order chi connectivity index (χ0) is 12.3. The summed E-state index contributed by atoms with van der Waals surface area (Å²) in [6, 6.07) is 3.66. The van der Waals surface area contributed by atoms with Crippen LogP contribution in [-0.4, -0.2) is 13.7 Å². The number of hydrogen-bond donors (Lipinski definition) is 2. The maximum absolute atomic E-state index is 6.16. The van der Waals surface area contributed by atoms with Crippen molar-refractivity contribution in [2.75, 3.05) is 13.7 Å². The Kier molecular flexibility index (Phi) is 4.59. The van der Waals surface area contributed by atoms with Crippen LogP contribution in [0.3, 0.4) is 0 Å². The lowest BCUT2D eigenvalue weighted by Gasteiger charge is -2.17. The first-order valence-corrected chi connectivity index (χ1v) is 5.72. The molecule has 0 aliphatic rings. The van der Waals surface area contributed by atoms with Gasteiger partial charge in [0.1, 0.15) is 5.75 Å². The Balaban J connectivity index is 3.28. The zero-order valence-electron chi connectivity index (χ0n) is 9.96. The highest BCUT2D eigenvalue weighted by molar-refractivity contribution is 6.32. The van der Waals surface area contributed by atoms with Gasteiger partial charge >= 0.3 is 0 Å². The monoisotopic (exact) mass is 242 g/mol. The van der Waals surface area contributed by atoms with E-state index < -0.39 is 0 Å². The van der Waals surface area contributed by atoms with Crippen molar-refractivity contribution in [3.05, 3.63) is 28.3 Å². The van der Waals surface area contributed by atoms with Gasteiger partial charge in [0, 0.05) is 12.6 Å². The quantitative estimate of drug-likeness (QED) is 0.853. The standard InChI is InChI=1S/C12H19ClN2O/c1-7(2)9-4-8(11(15)6-14)5-10(13)12(9)16-3/h4-5,7,11H,6,14-15H2,1-3H3. The van der Waals surface area contributed by atoms with Crippen molar-refractivity contribution in [3.8, 4) is 5.75 Å². The third kappa shape index (κ3) is 2.67. The fraction of sp³-hybridized carbons (Fsp3) is 0.500. The Labute approximate surface area is 102 Å². The number of hydrogen-bond acceptors (Lipinski definition) is 3. The SMILES string of the molecule is COc1c(Cl)cc(C(N)CN)cc1C(C)C. The van der Waals surface area contributed by atoms with Gasteiger partial charge in [-0.1, -0.05) is 31.5 Å². The van der Waals surface area contributed by atoms with Crippen LogP contribution >= 0.6 is 11.6 Å². The molecule has 1 atom stereocenters. The number of methoxy groups -OCH3 is 1. The van der Waals surface area contributed by atoms with E-state index in [2.05, 4.69) is 13.8 Å². The highest BCUT2D eigenvalue weighted by Crippen LogP contribution is 2.35. The summed E-state index contributed by atoms with van der Waals surface area (Å²) >= 11 is 6.16. The van der Waals surface area contributed by atoms with Crippen molar-refractivity contribution < 1.29 is 4.74 Å². The van der Waals surface area contributed by atoms with Gasteiger partial charge in [-0.15, -0.1) is 0 Å². The third-order valence-corrected chi connectivity index (χ3v) is 2.88. The average Bonchev–Trinajstić information content (AvgIpc) is 2.26. The lowest BCUT2D eigenvalue weighted by Crippen LogP contribution is -2.21. The van der Waals surface area contributed by atoms with E-state index in [1.807, 2.05) is 12.1 Å². The van der Waals surface area contributed by atoms with Crippen LogP contribution < -0.4 is 16.2 Å². The molecule has 4 N–H and O–H groups in total. The molecule has 0 aromatic heterocycles. The molecule has 1 rings (SSSR count). The highest BCUT2D eigenvalue weighted by atomic mass is 35.5. The summed E-state index contributed by atoms with van der Waals surface area (Å²) in [6.07, 6.45) is 0. The van der Waals surface area contributed by atoms with Crippen molar-refractivity contribution in [2.45, 2.75) is 25.8 Å². The van der Waals surface area contributed by atoms with Crippen LogP contribution in [0.5, 0.6) is 5.75 Å². The minimum atomic E-state index is -0.180. The van der Waals surface area contributed by atoms with Crippen molar-refractivity contribution in [3.63, 3.8) is 0 Å². The molecule has 0 bridgehead atoms. The number of ether oxygens (including phenoxy) is 1. The number of benzene rings is 1. The average molecular weight is 243 g/mol. The van der Waals surface area contributed by atoms with E-state index in [0.29, 0.717) is 17.5 Å². The van der Waals surface area contributed by atoms with E-state index >= 15 is 0 Å². The molecule has 4 heteroatoms. The van der Waals surface area contributed by atoms with Crippen molar-refractivity contribution in [1.29, 1.82) is 0 Å². The maximum atomic E-state index is 6.16. The normalized spacial score (nSPS) is 12.9. The van der Waals surface area contributed by atoms with Crippen molar-refractivity contribution in [2.24, 2.45) is 11.5 Å². The summed E-state index contributed by atoms with van der Waals surface area (Å²) in [5.74, 6) is 1.06. The van der Waals surface area contributed by atoms with Gasteiger partial charge in [-0.2, -0.15) is 0 Å². The molecule has 3 nitrogen and oxygen atoms in total. The largest absolute Gasteiger partial charge is 0.495 e. The summed E-state index contributed by atoms with van der Waals surface area (Å²) in [5, 5.41) is 0.590. The van der Waals surface area contributed by atoms with E-state index in [1.54, 1.807) is 7.11 Å². The molecule has 0 saturated carbocycles. The van der Waals surface area contributed by atoms with E-state index in [0.717, 1.165) is 16.9 Å². The van der Waals surface area contributed by atoms with Crippen LogP contribution in [0, 0.1) is 0 Å². The molecular weight excluding hydrogens is 224 g/mol. The molecule has 0 heterocycles. The van der Waals surface area contributed by atoms with Gasteiger partial charge < -0.3 is 16.2 Å². The van der Waals surface area contributed by atoms with Crippen LogP contribution in [0.15, 0.2) is 12.1 Å². The lowest BCUT2D eigenvalue weighted by molar-refractivity contribution is 0.407. The second-order valence-electron chi connectivity index (χ2n) is 4.12. The fourth-order valence-corrected chi connectivity index (χ4v) is 1.94. The lowest BCUT2D eigenvalue weighted by atomic mass is 9.97. The Morgan fingerprint density at radius 1 is 1.38 bits per heavy atom. The second-order valence-corrected chi connectivity index (χ2v) is 4.53. The molecular formula is C12H19ClN2O. The molecule has 0 radical (unpaired) electrons. The van der Waals surface area contributed by atoms with Gasteiger partial charge in [0.25, 0.3) is 0 Å². The highest BCUT2D eigenvalue weighted by Gasteiger charge is 2.15. The first kappa shape index (κ1) is 13.3. The minimum absolute atomic E-state index is 0.180. The van der Waals surface area contributed by atoms with E-state index in [9.17, 15) is 0 Å². The first-order chi connectivity index (χ1) is 7.51. The summed E-state index contributed by atoms with van der Waals surface area (Å²) in [7, 11) is 1.62. The van der Waals surface area contributed by atoms with Crippen LogP contribution in [0.4, 0.5) is 0 Å². The molecule has 1 aromatic carbocycles. The molecule has 0 spiro atoms. The van der Waals surface area contributed by atoms with Gasteiger partial charge in [0.05, 0.1) is 12.1 Å². The maximum Gasteiger partial charge on any atom is 0.140 e. The molecule has 0 aliphatic heterocycles. The number of rotatable bonds is 4. The summed E-state index contributed by atoms with van der Waals surface area (Å²) in [4.78, 5) is 0. The van der Waals surface area contributed by atoms with Crippen LogP contribution in [0.1, 0.15) is 36.9 Å². The molecule has 1 aromatic rings. The van der Waals surface area contributed by atoms with Crippen molar-refractivity contribution >= 4 is 11.6 Å². The smallest absolute Gasteiger partial charge is 0.140 e. The molecule has 1 unspecified atom stereocenters. The topological polar surface area (TPSA) is 61.3 Å². The Hall–Kier alpha value is -0.770. The molecule has 0 saturated heterocycles. The van der Waals surface area contributed by atoms with E-state index in [1.165, 1.54) is 0 Å². The van der Waals surface area contributed by atoms with Gasteiger partial charge in [-0.3, -0.25) is 0 Å². The van der Waals surface area contributed by atoms with Crippen LogP contribution in [0.2, 0.25) is 5.02 Å². The van der Waals surface area contributed by atoms with Gasteiger partial charge in [-0.25, -0.2) is 0 Å². The summed E-state index contributed by atoms with van der Waals surface area (Å²) < 4.78 is 5.30. The van der Waals surface area contributed by atoms with Crippen LogP contribution in [-0.2, 0) is 0 Å². The third-order valence-electron chi connectivity index (χ3n) is 2.60. The molecule has 0 aliphatic carbocycles. The van der Waals surface area contributed by atoms with E-state index in [-0.39, 0.29) is 6.04 Å². The predicted molar refractivity (Wildman–Crippen MR) is 68.1 cm³/mol. The molecule has 0 amide bonds. The van der Waals surface area contributed by atoms with Gasteiger partial charge in [0.2, 0.25) is 0 Å². The Morgan fingerprint density at radius 3 is 2.44 bits per heavy atom. The summed E-state index contributed by atoms with van der Waals surface area (Å²) in [6.45, 7) is 4.58. The molecule has 16 heavy (non-hydrogen) atoms. The van der Waals surface area contributed by atoms with Gasteiger partial charge in [0.15, 0.2) is 0 Å². The number of nitrogens with two attached hydrogens (primary N) is 2. The number of halogens is 1. The molecule has 0 fully saturated rings. The Morgan fingerprint density at radius 2 is 2.00 bits per heavy atom. The van der Waals surface area contributed by atoms with Crippen LogP contribution in [0.25, 0.3) is 0 Å². The second kappa shape index (κ2) is 5.53. The first-order valence-electron chi connectivity index (χ1n) is 5.34. The summed E-state index contributed by atoms with van der Waals surface area (Å²) in [5.41, 5.74) is 13.5. The Bertz CT molecular complexity index is 366. The minimum Gasteiger partial charge on any atom is -0.495 e. The van der Waals surface area contributed by atoms with E-state index in [4.69, 9.17) is 27.8 Å².